The Morgan fingerprint density at radius 1 is 1.00 bits per heavy atom. The molecule has 0 aliphatic heterocycles. The van der Waals surface area contributed by atoms with Gasteiger partial charge in [-0.2, -0.15) is 46.4 Å². The van der Waals surface area contributed by atoms with Crippen LogP contribution in [-0.4, -0.2) is 34.2 Å². The van der Waals surface area contributed by atoms with Crippen LogP contribution < -0.4 is 0 Å². The van der Waals surface area contributed by atoms with Crippen LogP contribution in [0.25, 0.3) is 10.6 Å². The minimum Gasteiger partial charge on any atom is -0.668 e. The summed E-state index contributed by atoms with van der Waals surface area (Å²) < 4.78 is 3.94. The average Bonchev–Trinajstić information content (AvgIpc) is 2.78. The van der Waals surface area contributed by atoms with Gasteiger partial charge >= 0.3 is 44.1 Å². The second-order valence-electron chi connectivity index (χ2n) is 3.07. The maximum absolute atomic E-state index is 3.94. The fourth-order valence-corrected chi connectivity index (χ4v) is 0.321. The topological polar surface area (TPSA) is 40.6 Å². The average molecular weight is 303 g/mol. The molecule has 95 valence electrons. The van der Waals surface area contributed by atoms with Crippen LogP contribution in [0.3, 0.4) is 0 Å². The predicted octanol–water partition coefficient (Wildman–Crippen LogP) is 3.77. The molecule has 4 heteroatoms. The minimum atomic E-state index is 0.531. The van der Waals surface area contributed by atoms with Crippen molar-refractivity contribution in [1.82, 2.24) is 0 Å². The van der Waals surface area contributed by atoms with E-state index in [4.69, 9.17) is 0 Å². The normalized spacial score (nSPS) is 7.38. The molecule has 1 rings (SSSR count). The van der Waals surface area contributed by atoms with Gasteiger partial charge in [-0.15, -0.1) is 0 Å². The summed E-state index contributed by atoms with van der Waals surface area (Å²) in [5.74, 6) is 0. The van der Waals surface area contributed by atoms with Gasteiger partial charge < -0.3 is 10.6 Å². The molecule has 0 radical (unpaired) electrons. The van der Waals surface area contributed by atoms with Crippen LogP contribution in [0.1, 0.15) is 13.8 Å². The predicted molar refractivity (Wildman–Crippen MR) is 70.0 cm³/mol. The maximum atomic E-state index is 3.94. The summed E-state index contributed by atoms with van der Waals surface area (Å²) in [6, 6.07) is 10.5. The van der Waals surface area contributed by atoms with E-state index in [0.29, 0.717) is 6.04 Å². The van der Waals surface area contributed by atoms with Crippen molar-refractivity contribution in [2.75, 3.05) is 28.2 Å². The first-order valence-corrected chi connectivity index (χ1v) is 6.05. The summed E-state index contributed by atoms with van der Waals surface area (Å²) in [5.41, 5.74) is 0. The van der Waals surface area contributed by atoms with E-state index in [1.54, 1.807) is 28.2 Å². The monoisotopic (exact) mass is 303 g/mol. The van der Waals surface area contributed by atoms with Crippen molar-refractivity contribution < 1.29 is 20.9 Å². The van der Waals surface area contributed by atoms with Crippen molar-refractivity contribution in [2.45, 2.75) is 19.9 Å². The molecule has 0 atom stereocenters. The molecule has 0 spiro atoms. The summed E-state index contributed by atoms with van der Waals surface area (Å²) in [5, 5.41) is 7.00. The molecule has 0 N–H and O–H groups in total. The van der Waals surface area contributed by atoms with E-state index in [0.717, 1.165) is 0 Å². The fraction of sp³-hybridized carbons (Fsp3) is 0.583. The Labute approximate surface area is 113 Å². The van der Waals surface area contributed by atoms with Gasteiger partial charge in [0, 0.05) is 0 Å². The second-order valence-corrected chi connectivity index (χ2v) is 3.63. The molecule has 1 aromatic carbocycles. The third-order valence-electron chi connectivity index (χ3n) is 0.786. The Hall–Kier alpha value is -0.190. The molecule has 0 aliphatic carbocycles. The zero-order valence-corrected chi connectivity index (χ0v) is 13.5. The van der Waals surface area contributed by atoms with Crippen LogP contribution in [0.15, 0.2) is 33.7 Å². The summed E-state index contributed by atoms with van der Waals surface area (Å²) in [4.78, 5) is 0. The number of hydrogen-bond donors (Lipinski definition) is 0. The Bertz CT molecular complexity index is 155. The third kappa shape index (κ3) is 48.9. The Morgan fingerprint density at radius 2 is 1.25 bits per heavy atom. The first-order chi connectivity index (χ1) is 7.60. The molecule has 16 heavy (non-hydrogen) atoms. The molecule has 3 nitrogen and oxygen atoms in total. The van der Waals surface area contributed by atoms with Crippen LogP contribution >= 0.6 is 0 Å². The SMILES string of the molecule is CC(C)[N]=[Nb].C[N-]C.C[N-]C.c1cc[cH-]c1. The number of nitrogens with zero attached hydrogens (tertiary/aromatic N) is 3. The molecular formula is C12H24N3Nb-3. The molecular weight excluding hydrogens is 279 g/mol. The van der Waals surface area contributed by atoms with E-state index < -0.39 is 0 Å². The Balaban J connectivity index is -0.000000146. The second kappa shape index (κ2) is 24.2. The summed E-state index contributed by atoms with van der Waals surface area (Å²) in [6.45, 7) is 4.14. The third-order valence-corrected chi connectivity index (χ3v) is 1.92. The van der Waals surface area contributed by atoms with Crippen LogP contribution in [0.2, 0.25) is 0 Å². The zero-order valence-electron chi connectivity index (χ0n) is 11.3. The van der Waals surface area contributed by atoms with Gasteiger partial charge in [0.1, 0.15) is 0 Å². The first-order valence-electron chi connectivity index (χ1n) is 5.07. The van der Waals surface area contributed by atoms with Crippen LogP contribution in [-0.2, 0) is 20.9 Å². The molecule has 0 aliphatic rings. The van der Waals surface area contributed by atoms with Crippen LogP contribution in [0, 0.1) is 0 Å². The van der Waals surface area contributed by atoms with Gasteiger partial charge in [-0.05, 0) is 0 Å². The molecule has 0 heterocycles. The minimum absolute atomic E-state index is 0.531. The standard InChI is InChI=1S/C5H5.C3H7N.2C2H6N.Nb/c1-2-4-5-3-1;1-3(2)4;2*1-3-2;/h1-5H;3H,1-2H3;2*1-2H3;/q-1;;2*-1;. The van der Waals surface area contributed by atoms with Crippen LogP contribution in [0.4, 0.5) is 0 Å². The van der Waals surface area contributed by atoms with Gasteiger partial charge in [-0.25, -0.2) is 12.1 Å². The van der Waals surface area contributed by atoms with Crippen LogP contribution in [0.5, 0.6) is 0 Å². The fourth-order valence-electron chi connectivity index (χ4n) is 0.321. The first kappa shape index (κ1) is 21.1. The molecule has 0 aromatic heterocycles. The van der Waals surface area contributed by atoms with Gasteiger partial charge in [-0.3, -0.25) is 0 Å². The molecule has 1 aromatic rings. The smallest absolute Gasteiger partial charge is 0.162 e. The summed E-state index contributed by atoms with van der Waals surface area (Å²) in [6.07, 6.45) is 0. The Kier molecular flexibility index (Phi) is 31.9. The largest absolute Gasteiger partial charge is 0.668 e. The van der Waals surface area contributed by atoms with Gasteiger partial charge in [0.2, 0.25) is 0 Å². The van der Waals surface area contributed by atoms with E-state index >= 15 is 0 Å². The van der Waals surface area contributed by atoms with Gasteiger partial charge in [0.05, 0.1) is 0 Å². The van der Waals surface area contributed by atoms with Crippen molar-refractivity contribution in [3.63, 3.8) is 0 Å². The molecule has 0 bridgehead atoms. The molecule has 0 unspecified atom stereocenters. The quantitative estimate of drug-likeness (QED) is 0.560. The van der Waals surface area contributed by atoms with Crippen molar-refractivity contribution in [3.8, 4) is 0 Å². The van der Waals surface area contributed by atoms with Crippen molar-refractivity contribution in [1.29, 1.82) is 0 Å². The number of rotatable bonds is 1. The van der Waals surface area contributed by atoms with Crippen molar-refractivity contribution >= 4 is 0 Å². The van der Waals surface area contributed by atoms with E-state index in [1.165, 1.54) is 20.9 Å². The van der Waals surface area contributed by atoms with E-state index in [-0.39, 0.29) is 0 Å². The van der Waals surface area contributed by atoms with Crippen molar-refractivity contribution in [2.24, 2.45) is 3.34 Å². The van der Waals surface area contributed by atoms with E-state index in [9.17, 15) is 0 Å². The van der Waals surface area contributed by atoms with Gasteiger partial charge in [0.15, 0.2) is 0 Å². The van der Waals surface area contributed by atoms with Gasteiger partial charge in [0.25, 0.3) is 0 Å². The van der Waals surface area contributed by atoms with E-state index in [2.05, 4.69) is 27.8 Å². The maximum Gasteiger partial charge on any atom is -0.162 e. The van der Waals surface area contributed by atoms with Gasteiger partial charge in [-0.1, -0.05) is 0 Å². The van der Waals surface area contributed by atoms with Crippen molar-refractivity contribution in [3.05, 3.63) is 41.0 Å². The number of hydrogen-bond acceptors (Lipinski definition) is 1. The summed E-state index contributed by atoms with van der Waals surface area (Å²) in [7, 11) is 7.00. The molecule has 0 fully saturated rings. The molecule has 0 amide bonds. The molecule has 0 saturated carbocycles. The Morgan fingerprint density at radius 3 is 1.31 bits per heavy atom. The summed E-state index contributed by atoms with van der Waals surface area (Å²) >= 11 is 1.53. The molecule has 0 saturated heterocycles. The zero-order chi connectivity index (χ0) is 13.2. The van der Waals surface area contributed by atoms with E-state index in [1.807, 2.05) is 30.3 Å².